The van der Waals surface area contributed by atoms with E-state index < -0.39 is 0 Å². The maximum Gasteiger partial charge on any atom is 0.130 e. The van der Waals surface area contributed by atoms with Crippen molar-refractivity contribution in [2.24, 2.45) is 0 Å². The van der Waals surface area contributed by atoms with Gasteiger partial charge in [0.2, 0.25) is 0 Å². The molecule has 0 aliphatic carbocycles. The molecule has 6 nitrogen and oxygen atoms in total. The highest BCUT2D eigenvalue weighted by Crippen LogP contribution is 2.11. The smallest absolute Gasteiger partial charge is 0.130 e. The van der Waals surface area contributed by atoms with Crippen molar-refractivity contribution in [2.45, 2.75) is 77.0 Å². The highest BCUT2D eigenvalue weighted by atomic mass is 16.5. The topological polar surface area (TPSA) is 70.0 Å². The van der Waals surface area contributed by atoms with Crippen molar-refractivity contribution >= 4 is 0 Å². The monoisotopic (exact) mass is 414 g/mol. The van der Waals surface area contributed by atoms with Gasteiger partial charge in [0.15, 0.2) is 0 Å². The third-order valence-electron chi connectivity index (χ3n) is 5.01. The molecule has 0 atom stereocenters. The van der Waals surface area contributed by atoms with Crippen LogP contribution < -0.4 is 0 Å². The van der Waals surface area contributed by atoms with Gasteiger partial charge in [0.05, 0.1) is 13.2 Å². The lowest BCUT2D eigenvalue weighted by atomic mass is 10.1. The van der Waals surface area contributed by atoms with Crippen molar-refractivity contribution in [3.63, 3.8) is 0 Å². The van der Waals surface area contributed by atoms with Crippen LogP contribution in [0.4, 0.5) is 0 Å². The fraction of sp³-hybridized carbons (Fsp3) is 0.667. The van der Waals surface area contributed by atoms with E-state index in [1.54, 1.807) is 24.8 Å². The van der Waals surface area contributed by atoms with E-state index in [9.17, 15) is 0 Å². The minimum absolute atomic E-state index is 0.719. The summed E-state index contributed by atoms with van der Waals surface area (Å²) in [6.45, 7) is 3.15. The van der Waals surface area contributed by atoms with E-state index in [1.807, 2.05) is 12.1 Å². The molecule has 0 radical (unpaired) electrons. The van der Waals surface area contributed by atoms with Crippen molar-refractivity contribution in [1.29, 1.82) is 0 Å². The second-order valence-corrected chi connectivity index (χ2v) is 7.59. The number of unbranched alkanes of at least 4 members (excludes halogenated alkanes) is 9. The van der Waals surface area contributed by atoms with Crippen LogP contribution in [0.15, 0.2) is 36.9 Å². The van der Waals surface area contributed by atoms with Gasteiger partial charge in [-0.3, -0.25) is 0 Å². The van der Waals surface area contributed by atoms with Crippen LogP contribution >= 0.6 is 0 Å². The van der Waals surface area contributed by atoms with Crippen molar-refractivity contribution < 1.29 is 9.47 Å². The van der Waals surface area contributed by atoms with Gasteiger partial charge in [-0.15, -0.1) is 0 Å². The average Bonchev–Trinajstić information content (AvgIpc) is 2.79. The van der Waals surface area contributed by atoms with E-state index in [2.05, 4.69) is 19.9 Å². The van der Waals surface area contributed by atoms with Crippen molar-refractivity contribution in [2.75, 3.05) is 26.4 Å². The highest BCUT2D eigenvalue weighted by molar-refractivity contribution is 4.88. The van der Waals surface area contributed by atoms with Crippen LogP contribution in [0.5, 0.6) is 0 Å². The summed E-state index contributed by atoms with van der Waals surface area (Å²) in [5, 5.41) is 0. The second kappa shape index (κ2) is 17.9. The van der Waals surface area contributed by atoms with E-state index in [0.717, 1.165) is 63.8 Å². The Morgan fingerprint density at radius 2 is 0.767 bits per heavy atom. The molecule has 0 aliphatic rings. The fourth-order valence-electron chi connectivity index (χ4n) is 3.27. The molecule has 2 aromatic rings. The minimum atomic E-state index is 0.719. The Labute approximate surface area is 181 Å². The molecule has 0 saturated heterocycles. The summed E-state index contributed by atoms with van der Waals surface area (Å²) in [6, 6.07) is 3.68. The second-order valence-electron chi connectivity index (χ2n) is 7.59. The van der Waals surface area contributed by atoms with Crippen LogP contribution in [-0.4, -0.2) is 46.4 Å². The molecule has 2 rings (SSSR count). The first-order valence-electron chi connectivity index (χ1n) is 11.6. The molecule has 0 unspecified atom stereocenters. The molecular formula is C24H38N4O2. The predicted molar refractivity (Wildman–Crippen MR) is 119 cm³/mol. The number of ether oxygens (including phenoxy) is 2. The van der Waals surface area contributed by atoms with Gasteiger partial charge in [-0.2, -0.15) is 0 Å². The van der Waals surface area contributed by atoms with Crippen molar-refractivity contribution in [3.8, 4) is 0 Å². The summed E-state index contributed by atoms with van der Waals surface area (Å²) in [6.07, 6.45) is 21.6. The Balaban J connectivity index is 1.23. The van der Waals surface area contributed by atoms with Crippen molar-refractivity contribution in [1.82, 2.24) is 19.9 Å². The molecule has 0 N–H and O–H groups in total. The Hall–Kier alpha value is -1.92. The van der Waals surface area contributed by atoms with Crippen LogP contribution in [-0.2, 0) is 22.3 Å². The van der Waals surface area contributed by atoms with Gasteiger partial charge in [0.1, 0.15) is 11.6 Å². The quantitative estimate of drug-likeness (QED) is 0.302. The largest absolute Gasteiger partial charge is 0.381 e. The van der Waals surface area contributed by atoms with Gasteiger partial charge in [0, 0.05) is 50.8 Å². The van der Waals surface area contributed by atoms with E-state index >= 15 is 0 Å². The molecule has 0 bridgehead atoms. The summed E-state index contributed by atoms with van der Waals surface area (Å²) < 4.78 is 11.3. The molecule has 0 aliphatic heterocycles. The lowest BCUT2D eigenvalue weighted by Gasteiger charge is -2.05. The summed E-state index contributed by atoms with van der Waals surface area (Å²) in [5.74, 6) is 1.73. The van der Waals surface area contributed by atoms with E-state index in [-0.39, 0.29) is 0 Å². The number of aromatic nitrogens is 4. The summed E-state index contributed by atoms with van der Waals surface area (Å²) >= 11 is 0. The first-order valence-corrected chi connectivity index (χ1v) is 11.6. The Morgan fingerprint density at radius 3 is 1.13 bits per heavy atom. The molecule has 0 saturated carbocycles. The molecular weight excluding hydrogens is 376 g/mol. The molecule has 0 amide bonds. The lowest BCUT2D eigenvalue weighted by Crippen LogP contribution is -2.03. The van der Waals surface area contributed by atoms with Crippen LogP contribution in [0.1, 0.15) is 75.9 Å². The summed E-state index contributed by atoms with van der Waals surface area (Å²) in [7, 11) is 0. The normalized spacial score (nSPS) is 11.1. The van der Waals surface area contributed by atoms with Crippen molar-refractivity contribution in [3.05, 3.63) is 48.6 Å². The zero-order valence-electron chi connectivity index (χ0n) is 18.4. The fourth-order valence-corrected chi connectivity index (χ4v) is 3.27. The van der Waals surface area contributed by atoms with Crippen LogP contribution in [0.3, 0.4) is 0 Å². The minimum Gasteiger partial charge on any atom is -0.381 e. The number of hydrogen-bond donors (Lipinski definition) is 0. The zero-order valence-corrected chi connectivity index (χ0v) is 18.4. The molecule has 0 aromatic carbocycles. The molecule has 0 fully saturated rings. The standard InChI is InChI=1S/C24H38N4O2/c1(3-5-7-9-19-29-21-13-23-25-15-11-16-26-23)2-4-6-8-10-20-30-22-14-24-27-17-12-18-28-24/h11-12,15-18H,1-10,13-14,19-22H2. The lowest BCUT2D eigenvalue weighted by molar-refractivity contribution is 0.131. The average molecular weight is 415 g/mol. The van der Waals surface area contributed by atoms with Gasteiger partial charge in [0.25, 0.3) is 0 Å². The van der Waals surface area contributed by atoms with E-state index in [0.29, 0.717) is 0 Å². The zero-order chi connectivity index (χ0) is 21.0. The SMILES string of the molecule is c1cnc(CCOCCCCCCCCCCCCOCCc2ncccn2)nc1. The van der Waals surface area contributed by atoms with Gasteiger partial charge in [-0.05, 0) is 25.0 Å². The Bertz CT molecular complexity index is 558. The number of rotatable bonds is 19. The number of nitrogens with zero attached hydrogens (tertiary/aromatic N) is 4. The van der Waals surface area contributed by atoms with Crippen LogP contribution in [0.25, 0.3) is 0 Å². The van der Waals surface area contributed by atoms with E-state index in [4.69, 9.17) is 9.47 Å². The highest BCUT2D eigenvalue weighted by Gasteiger charge is 1.97. The molecule has 6 heteroatoms. The Morgan fingerprint density at radius 1 is 0.433 bits per heavy atom. The first-order chi connectivity index (χ1) is 14.9. The number of hydrogen-bond acceptors (Lipinski definition) is 6. The molecule has 166 valence electrons. The summed E-state index contributed by atoms with van der Waals surface area (Å²) in [5.41, 5.74) is 0. The van der Waals surface area contributed by atoms with Crippen LogP contribution in [0.2, 0.25) is 0 Å². The molecule has 2 heterocycles. The van der Waals surface area contributed by atoms with Gasteiger partial charge < -0.3 is 9.47 Å². The van der Waals surface area contributed by atoms with Gasteiger partial charge in [-0.25, -0.2) is 19.9 Å². The third kappa shape index (κ3) is 13.3. The maximum atomic E-state index is 5.67. The maximum absolute atomic E-state index is 5.67. The van der Waals surface area contributed by atoms with E-state index in [1.165, 1.54) is 51.4 Å². The van der Waals surface area contributed by atoms with Gasteiger partial charge >= 0.3 is 0 Å². The first kappa shape index (κ1) is 24.4. The predicted octanol–water partition coefficient (Wildman–Crippen LogP) is 4.99. The molecule has 0 spiro atoms. The molecule has 2 aromatic heterocycles. The summed E-state index contributed by atoms with van der Waals surface area (Å²) in [4.78, 5) is 16.8. The van der Waals surface area contributed by atoms with Crippen LogP contribution in [0, 0.1) is 0 Å². The van der Waals surface area contributed by atoms with Gasteiger partial charge in [-0.1, -0.05) is 51.4 Å². The molecule has 30 heavy (non-hydrogen) atoms. The Kier molecular flexibility index (Phi) is 14.5. The third-order valence-corrected chi connectivity index (χ3v) is 5.01.